The van der Waals surface area contributed by atoms with Crippen LogP contribution in [0, 0.1) is 34.5 Å². The van der Waals surface area contributed by atoms with E-state index in [1.54, 1.807) is 11.8 Å². The summed E-state index contributed by atoms with van der Waals surface area (Å²) in [4.78, 5) is 25.8. The van der Waals surface area contributed by atoms with Crippen molar-refractivity contribution in [3.63, 3.8) is 0 Å². The summed E-state index contributed by atoms with van der Waals surface area (Å²) in [5.41, 5.74) is 0.464. The summed E-state index contributed by atoms with van der Waals surface area (Å²) in [5.74, 6) is -0.124. The molecular weight excluding hydrogens is 348 g/mol. The highest BCUT2D eigenvalue weighted by Gasteiger charge is 2.69. The Bertz CT molecular complexity index is 671. The van der Waals surface area contributed by atoms with Crippen LogP contribution >= 0.6 is 11.8 Å². The average Bonchev–Trinajstić information content (AvgIpc) is 3.31. The van der Waals surface area contributed by atoms with Gasteiger partial charge >= 0.3 is 11.9 Å². The summed E-state index contributed by atoms with van der Waals surface area (Å²) in [7, 11) is 2.87. The fourth-order valence-electron chi connectivity index (χ4n) is 6.51. The van der Waals surface area contributed by atoms with Gasteiger partial charge < -0.3 is 9.47 Å². The fourth-order valence-corrected chi connectivity index (χ4v) is 8.94. The van der Waals surface area contributed by atoms with Gasteiger partial charge in [0, 0.05) is 11.2 Å². The van der Waals surface area contributed by atoms with E-state index in [0.717, 1.165) is 12.8 Å². The molecule has 4 aliphatic rings. The van der Waals surface area contributed by atoms with E-state index in [2.05, 4.69) is 32.9 Å². The Hall–Kier alpha value is -0.970. The SMILES string of the molecule is COC(=O)[C@H]1[C@@H]2C=C[C@@H](C2)[C@]1(S[C@H]1C[C@H]2CC[C@]1(C)C2(C)C)C(=O)OC. The van der Waals surface area contributed by atoms with E-state index < -0.39 is 10.7 Å². The van der Waals surface area contributed by atoms with Crippen molar-refractivity contribution in [2.45, 2.75) is 56.5 Å². The van der Waals surface area contributed by atoms with Crippen LogP contribution in [0.4, 0.5) is 0 Å². The second-order valence-corrected chi connectivity index (χ2v) is 10.9. The number of rotatable bonds is 4. The second-order valence-electron chi connectivity index (χ2n) is 9.39. The van der Waals surface area contributed by atoms with Crippen molar-refractivity contribution in [3.05, 3.63) is 12.2 Å². The zero-order valence-electron chi connectivity index (χ0n) is 16.4. The maximum atomic E-state index is 13.1. The zero-order valence-corrected chi connectivity index (χ0v) is 17.2. The molecule has 26 heavy (non-hydrogen) atoms. The lowest BCUT2D eigenvalue weighted by molar-refractivity contribution is -0.155. The lowest BCUT2D eigenvalue weighted by Gasteiger charge is -2.45. The highest BCUT2D eigenvalue weighted by atomic mass is 32.2. The normalized spacial score (nSPS) is 47.3. The van der Waals surface area contributed by atoms with E-state index in [4.69, 9.17) is 9.47 Å². The molecule has 5 heteroatoms. The minimum Gasteiger partial charge on any atom is -0.469 e. The van der Waals surface area contributed by atoms with Crippen LogP contribution in [0.15, 0.2) is 12.2 Å². The summed E-state index contributed by atoms with van der Waals surface area (Å²) in [6, 6.07) is 0. The predicted molar refractivity (Wildman–Crippen MR) is 102 cm³/mol. The molecule has 4 rings (SSSR count). The molecule has 3 saturated carbocycles. The average molecular weight is 379 g/mol. The molecule has 0 heterocycles. The number of methoxy groups -OCH3 is 2. The molecule has 7 atom stereocenters. The van der Waals surface area contributed by atoms with Crippen LogP contribution in [0.5, 0.6) is 0 Å². The van der Waals surface area contributed by atoms with Crippen LogP contribution in [0.2, 0.25) is 0 Å². The molecule has 0 aromatic rings. The van der Waals surface area contributed by atoms with E-state index in [9.17, 15) is 9.59 Å². The maximum absolute atomic E-state index is 13.1. The molecule has 0 amide bonds. The molecule has 144 valence electrons. The van der Waals surface area contributed by atoms with Gasteiger partial charge in [0.1, 0.15) is 4.75 Å². The number of esters is 2. The second kappa shape index (κ2) is 5.76. The lowest BCUT2D eigenvalue weighted by atomic mass is 9.71. The van der Waals surface area contributed by atoms with Crippen LogP contribution in [0.3, 0.4) is 0 Å². The first kappa shape index (κ1) is 18.4. The number of allylic oxidation sites excluding steroid dienone is 2. The van der Waals surface area contributed by atoms with Gasteiger partial charge in [0.05, 0.1) is 20.1 Å². The largest absolute Gasteiger partial charge is 0.469 e. The van der Waals surface area contributed by atoms with E-state index >= 15 is 0 Å². The van der Waals surface area contributed by atoms with Crippen LogP contribution in [0.1, 0.15) is 46.5 Å². The molecule has 0 saturated heterocycles. The molecule has 0 aliphatic heterocycles. The summed E-state index contributed by atoms with van der Waals surface area (Å²) in [6.45, 7) is 7.15. The molecule has 4 nitrogen and oxygen atoms in total. The molecule has 3 fully saturated rings. The first-order chi connectivity index (χ1) is 12.2. The molecular formula is C21H30O4S. The van der Waals surface area contributed by atoms with Crippen molar-refractivity contribution in [2.75, 3.05) is 14.2 Å². The van der Waals surface area contributed by atoms with Gasteiger partial charge in [-0.15, -0.1) is 11.8 Å². The highest BCUT2D eigenvalue weighted by Crippen LogP contribution is 2.71. The standard InChI is InChI=1S/C21H30O4S/c1-19(2)13-8-9-20(19,3)15(11-13)26-21(18(23)25-5)14-7-6-12(10-14)16(21)17(22)24-4/h6-7,12-16H,8-11H2,1-5H3/t12-,13-,14+,15+,16-,20+,21-/m1/s1. The number of carbonyl (C=O) groups excluding carboxylic acids is 2. The van der Waals surface area contributed by atoms with Gasteiger partial charge in [-0.25, -0.2) is 0 Å². The summed E-state index contributed by atoms with van der Waals surface area (Å²) in [6.07, 6.45) is 8.68. The Morgan fingerprint density at radius 3 is 2.35 bits per heavy atom. The van der Waals surface area contributed by atoms with Gasteiger partial charge in [-0.1, -0.05) is 32.9 Å². The number of thioether (sulfide) groups is 1. The van der Waals surface area contributed by atoms with Crippen LogP contribution < -0.4 is 0 Å². The monoisotopic (exact) mass is 378 g/mol. The molecule has 0 aromatic carbocycles. The molecule has 0 N–H and O–H groups in total. The van der Waals surface area contributed by atoms with Crippen LogP contribution in [-0.4, -0.2) is 36.2 Å². The topological polar surface area (TPSA) is 52.6 Å². The Labute approximate surface area is 160 Å². The minimum atomic E-state index is -0.838. The van der Waals surface area contributed by atoms with Crippen molar-refractivity contribution in [1.82, 2.24) is 0 Å². The zero-order chi connectivity index (χ0) is 18.9. The Kier molecular flexibility index (Phi) is 4.08. The fraction of sp³-hybridized carbons (Fsp3) is 0.810. The third kappa shape index (κ3) is 2.04. The number of ether oxygens (including phenoxy) is 2. The number of carbonyl (C=O) groups is 2. The maximum Gasteiger partial charge on any atom is 0.323 e. The number of fused-ring (bicyclic) bond motifs is 4. The van der Waals surface area contributed by atoms with Crippen molar-refractivity contribution in [3.8, 4) is 0 Å². The Balaban J connectivity index is 1.74. The summed E-state index contributed by atoms with van der Waals surface area (Å²) < 4.78 is 9.59. The van der Waals surface area contributed by atoms with Gasteiger partial charge in [-0.3, -0.25) is 9.59 Å². The van der Waals surface area contributed by atoms with Gasteiger partial charge in [0.2, 0.25) is 0 Å². The first-order valence-corrected chi connectivity index (χ1v) is 10.6. The molecule has 0 aromatic heterocycles. The third-order valence-electron chi connectivity index (χ3n) is 8.57. The van der Waals surface area contributed by atoms with Crippen LogP contribution in [-0.2, 0) is 19.1 Å². The highest BCUT2D eigenvalue weighted by molar-refractivity contribution is 8.02. The Morgan fingerprint density at radius 2 is 1.81 bits per heavy atom. The molecule has 0 spiro atoms. The smallest absolute Gasteiger partial charge is 0.323 e. The van der Waals surface area contributed by atoms with E-state index in [0.29, 0.717) is 11.2 Å². The van der Waals surface area contributed by atoms with Crippen molar-refractivity contribution in [2.24, 2.45) is 34.5 Å². The summed E-state index contributed by atoms with van der Waals surface area (Å²) >= 11 is 1.75. The van der Waals surface area contributed by atoms with Gasteiger partial charge in [-0.2, -0.15) is 0 Å². The number of hydrogen-bond acceptors (Lipinski definition) is 5. The van der Waals surface area contributed by atoms with E-state index in [1.165, 1.54) is 27.1 Å². The molecule has 4 aliphatic carbocycles. The van der Waals surface area contributed by atoms with Gasteiger partial charge in [-0.05, 0) is 48.3 Å². The molecule has 0 unspecified atom stereocenters. The van der Waals surface area contributed by atoms with E-state index in [-0.39, 0.29) is 34.6 Å². The van der Waals surface area contributed by atoms with E-state index in [1.807, 2.05) is 0 Å². The van der Waals surface area contributed by atoms with Gasteiger partial charge in [0.15, 0.2) is 0 Å². The molecule has 4 bridgehead atoms. The first-order valence-electron chi connectivity index (χ1n) is 9.74. The van der Waals surface area contributed by atoms with Crippen molar-refractivity contribution >= 4 is 23.7 Å². The van der Waals surface area contributed by atoms with Crippen molar-refractivity contribution in [1.29, 1.82) is 0 Å². The van der Waals surface area contributed by atoms with Gasteiger partial charge in [0.25, 0.3) is 0 Å². The number of hydrogen-bond donors (Lipinski definition) is 0. The summed E-state index contributed by atoms with van der Waals surface area (Å²) in [5, 5.41) is 0.371. The lowest BCUT2D eigenvalue weighted by Crippen LogP contribution is -2.52. The van der Waals surface area contributed by atoms with Crippen LogP contribution in [0.25, 0.3) is 0 Å². The van der Waals surface area contributed by atoms with Crippen molar-refractivity contribution < 1.29 is 19.1 Å². The third-order valence-corrected chi connectivity index (χ3v) is 10.7. The molecule has 0 radical (unpaired) electrons. The quantitative estimate of drug-likeness (QED) is 0.549. The Morgan fingerprint density at radius 1 is 1.08 bits per heavy atom. The predicted octanol–water partition coefficient (Wildman–Crippen LogP) is 3.84. The minimum absolute atomic E-state index is 0.0555.